The Kier molecular flexibility index (Phi) is 5.98. The number of likely N-dealkylation sites (N-methyl/N-ethyl adjacent to an activating group) is 2. The molecule has 2 N–H and O–H groups in total. The molecule has 2 aromatic carbocycles. The van der Waals surface area contributed by atoms with Gasteiger partial charge in [0.05, 0.1) is 23.2 Å². The van der Waals surface area contributed by atoms with E-state index in [1.54, 1.807) is 14.1 Å². The first kappa shape index (κ1) is 20.3. The van der Waals surface area contributed by atoms with Crippen LogP contribution in [0, 0.1) is 0 Å². The molecule has 2 aromatic rings. The maximum atomic E-state index is 12.7. The number of hydrogen-bond acceptors (Lipinski definition) is 2. The standard InChI is InChI=1S/C18H18F6N2/c1-25-15(11-3-7-13(8-4-11)17(19,20)21)16(26-2)12-5-9-14(10-6-12)18(22,23)24/h3-10,15-16,25-26H,1-2H3/t15-,16-/m0/s1. The van der Waals surface area contributed by atoms with E-state index in [0.717, 1.165) is 24.3 Å². The molecule has 0 aliphatic heterocycles. The van der Waals surface area contributed by atoms with Gasteiger partial charge in [-0.05, 0) is 49.5 Å². The molecule has 0 amide bonds. The number of benzene rings is 2. The number of rotatable bonds is 5. The Morgan fingerprint density at radius 3 is 1.04 bits per heavy atom. The Hall–Kier alpha value is -2.06. The van der Waals surface area contributed by atoms with E-state index in [1.165, 1.54) is 24.3 Å². The fourth-order valence-electron chi connectivity index (χ4n) is 2.81. The fourth-order valence-corrected chi connectivity index (χ4v) is 2.81. The summed E-state index contributed by atoms with van der Waals surface area (Å²) in [6.45, 7) is 0. The van der Waals surface area contributed by atoms with Gasteiger partial charge in [0.25, 0.3) is 0 Å². The predicted octanol–water partition coefficient (Wildman–Crippen LogP) is 4.95. The average molecular weight is 376 g/mol. The van der Waals surface area contributed by atoms with Crippen LogP contribution in [0.3, 0.4) is 0 Å². The van der Waals surface area contributed by atoms with E-state index in [-0.39, 0.29) is 0 Å². The summed E-state index contributed by atoms with van der Waals surface area (Å²) in [7, 11) is 3.27. The second-order valence-corrected chi connectivity index (χ2v) is 5.77. The van der Waals surface area contributed by atoms with E-state index in [1.807, 2.05) is 0 Å². The summed E-state index contributed by atoms with van der Waals surface area (Å²) in [6.07, 6.45) is -8.85. The van der Waals surface area contributed by atoms with Crippen molar-refractivity contribution in [2.75, 3.05) is 14.1 Å². The minimum Gasteiger partial charge on any atom is -0.311 e. The summed E-state index contributed by atoms with van der Waals surface area (Å²) in [5.41, 5.74) is -0.349. The van der Waals surface area contributed by atoms with Crippen molar-refractivity contribution in [3.8, 4) is 0 Å². The molecule has 0 fully saturated rings. The van der Waals surface area contributed by atoms with E-state index in [9.17, 15) is 26.3 Å². The van der Waals surface area contributed by atoms with Gasteiger partial charge in [-0.1, -0.05) is 24.3 Å². The third-order valence-electron chi connectivity index (χ3n) is 4.15. The molecule has 0 bridgehead atoms. The van der Waals surface area contributed by atoms with Gasteiger partial charge in [0, 0.05) is 0 Å². The first-order valence-corrected chi connectivity index (χ1v) is 7.76. The first-order chi connectivity index (χ1) is 12.1. The highest BCUT2D eigenvalue weighted by Gasteiger charge is 2.32. The molecular weight excluding hydrogens is 358 g/mol. The maximum absolute atomic E-state index is 12.7. The lowest BCUT2D eigenvalue weighted by Crippen LogP contribution is -2.32. The molecule has 0 saturated heterocycles. The number of hydrogen-bond donors (Lipinski definition) is 2. The Labute approximate surface area is 147 Å². The van der Waals surface area contributed by atoms with Crippen LogP contribution in [0.1, 0.15) is 34.3 Å². The lowest BCUT2D eigenvalue weighted by Gasteiger charge is -2.28. The smallest absolute Gasteiger partial charge is 0.311 e. The molecule has 0 saturated carbocycles. The molecule has 0 aliphatic carbocycles. The minimum atomic E-state index is -4.43. The molecule has 0 spiro atoms. The van der Waals surface area contributed by atoms with Crippen molar-refractivity contribution < 1.29 is 26.3 Å². The second kappa shape index (κ2) is 7.67. The number of nitrogens with one attached hydrogen (secondary N) is 2. The SMILES string of the molecule is CN[C@@H](c1ccc(C(F)(F)F)cc1)[C@@H](NC)c1ccc(C(F)(F)F)cc1. The summed E-state index contributed by atoms with van der Waals surface area (Å²) >= 11 is 0. The van der Waals surface area contributed by atoms with Gasteiger partial charge in [0.15, 0.2) is 0 Å². The van der Waals surface area contributed by atoms with Crippen molar-refractivity contribution in [3.05, 3.63) is 70.8 Å². The van der Waals surface area contributed by atoms with Gasteiger partial charge < -0.3 is 10.6 Å². The lowest BCUT2D eigenvalue weighted by molar-refractivity contribution is -0.138. The van der Waals surface area contributed by atoms with Crippen molar-refractivity contribution >= 4 is 0 Å². The molecule has 0 aliphatic rings. The average Bonchev–Trinajstić information content (AvgIpc) is 2.58. The highest BCUT2D eigenvalue weighted by Crippen LogP contribution is 2.34. The molecule has 0 heterocycles. The van der Waals surface area contributed by atoms with Crippen molar-refractivity contribution in [3.63, 3.8) is 0 Å². The Bertz CT molecular complexity index is 641. The van der Waals surface area contributed by atoms with Gasteiger partial charge in [-0.25, -0.2) is 0 Å². The molecule has 2 atom stereocenters. The topological polar surface area (TPSA) is 24.1 Å². The van der Waals surface area contributed by atoms with Crippen LogP contribution in [-0.2, 0) is 12.4 Å². The van der Waals surface area contributed by atoms with Crippen LogP contribution in [0.4, 0.5) is 26.3 Å². The number of halogens is 6. The molecule has 0 radical (unpaired) electrons. The predicted molar refractivity (Wildman–Crippen MR) is 86.5 cm³/mol. The highest BCUT2D eigenvalue weighted by molar-refractivity contribution is 5.32. The van der Waals surface area contributed by atoms with Crippen molar-refractivity contribution in [1.82, 2.24) is 10.6 Å². The maximum Gasteiger partial charge on any atom is 0.416 e. The van der Waals surface area contributed by atoms with Crippen molar-refractivity contribution in [1.29, 1.82) is 0 Å². The van der Waals surface area contributed by atoms with Crippen LogP contribution in [-0.4, -0.2) is 14.1 Å². The van der Waals surface area contributed by atoms with Crippen LogP contribution in [0.15, 0.2) is 48.5 Å². The first-order valence-electron chi connectivity index (χ1n) is 7.76. The van der Waals surface area contributed by atoms with E-state index >= 15 is 0 Å². The van der Waals surface area contributed by atoms with Crippen LogP contribution < -0.4 is 10.6 Å². The van der Waals surface area contributed by atoms with Crippen LogP contribution >= 0.6 is 0 Å². The zero-order valence-electron chi connectivity index (χ0n) is 14.0. The van der Waals surface area contributed by atoms with Crippen molar-refractivity contribution in [2.45, 2.75) is 24.4 Å². The van der Waals surface area contributed by atoms with Crippen LogP contribution in [0.5, 0.6) is 0 Å². The van der Waals surface area contributed by atoms with Crippen LogP contribution in [0.25, 0.3) is 0 Å². The molecule has 0 unspecified atom stereocenters. The van der Waals surface area contributed by atoms with Gasteiger partial charge in [0.1, 0.15) is 0 Å². The van der Waals surface area contributed by atoms with E-state index in [0.29, 0.717) is 11.1 Å². The summed E-state index contributed by atoms with van der Waals surface area (Å²) < 4.78 is 76.2. The van der Waals surface area contributed by atoms with Gasteiger partial charge in [-0.15, -0.1) is 0 Å². The summed E-state index contributed by atoms with van der Waals surface area (Å²) in [5, 5.41) is 6.01. The number of alkyl halides is 6. The fraction of sp³-hybridized carbons (Fsp3) is 0.333. The van der Waals surface area contributed by atoms with Gasteiger partial charge in [-0.3, -0.25) is 0 Å². The molecule has 142 valence electrons. The van der Waals surface area contributed by atoms with E-state index in [4.69, 9.17) is 0 Å². The molecular formula is C18H18F6N2. The lowest BCUT2D eigenvalue weighted by atomic mass is 9.92. The zero-order valence-corrected chi connectivity index (χ0v) is 14.0. The minimum absolute atomic E-state index is 0.431. The third-order valence-corrected chi connectivity index (χ3v) is 4.15. The van der Waals surface area contributed by atoms with Crippen LogP contribution in [0.2, 0.25) is 0 Å². The second-order valence-electron chi connectivity index (χ2n) is 5.77. The molecule has 0 aromatic heterocycles. The van der Waals surface area contributed by atoms with Crippen molar-refractivity contribution in [2.24, 2.45) is 0 Å². The molecule has 26 heavy (non-hydrogen) atoms. The Balaban J connectivity index is 2.31. The molecule has 2 rings (SSSR count). The van der Waals surface area contributed by atoms with E-state index < -0.39 is 35.6 Å². The summed E-state index contributed by atoms with van der Waals surface area (Å²) in [4.78, 5) is 0. The molecule has 8 heteroatoms. The largest absolute Gasteiger partial charge is 0.416 e. The zero-order chi connectivity index (χ0) is 19.5. The quantitative estimate of drug-likeness (QED) is 0.722. The molecule has 2 nitrogen and oxygen atoms in total. The van der Waals surface area contributed by atoms with E-state index in [2.05, 4.69) is 10.6 Å². The summed E-state index contributed by atoms with van der Waals surface area (Å²) in [5.74, 6) is 0. The normalized spacial score (nSPS) is 14.9. The summed E-state index contributed by atoms with van der Waals surface area (Å²) in [6, 6.07) is 8.52. The monoisotopic (exact) mass is 376 g/mol. The van der Waals surface area contributed by atoms with Gasteiger partial charge in [-0.2, -0.15) is 26.3 Å². The Morgan fingerprint density at radius 2 is 0.846 bits per heavy atom. The third kappa shape index (κ3) is 4.56. The van der Waals surface area contributed by atoms with Gasteiger partial charge >= 0.3 is 12.4 Å². The highest BCUT2D eigenvalue weighted by atomic mass is 19.4. The Morgan fingerprint density at radius 1 is 0.577 bits per heavy atom. The van der Waals surface area contributed by atoms with Gasteiger partial charge in [0.2, 0.25) is 0 Å².